The van der Waals surface area contributed by atoms with E-state index in [1.807, 2.05) is 19.9 Å². The second-order valence-electron chi connectivity index (χ2n) is 6.85. The quantitative estimate of drug-likeness (QED) is 0.726. The molecule has 7 nitrogen and oxygen atoms in total. The molecular weight excluding hydrogens is 362 g/mol. The molecule has 1 saturated heterocycles. The number of oxazole rings is 1. The van der Waals surface area contributed by atoms with Gasteiger partial charge in [-0.2, -0.15) is 0 Å². The van der Waals surface area contributed by atoms with Gasteiger partial charge in [0.15, 0.2) is 5.89 Å². The Morgan fingerprint density at radius 2 is 2.19 bits per heavy atom. The van der Waals surface area contributed by atoms with Crippen LogP contribution in [0.1, 0.15) is 41.9 Å². The molecule has 0 unspecified atom stereocenters. The molecule has 0 aliphatic carbocycles. The summed E-state index contributed by atoms with van der Waals surface area (Å²) in [4.78, 5) is 27.8. The number of rotatable bonds is 5. The van der Waals surface area contributed by atoms with Crippen LogP contribution < -0.4 is 10.2 Å². The van der Waals surface area contributed by atoms with Crippen LogP contribution in [-0.2, 0) is 6.42 Å². The first-order valence-electron chi connectivity index (χ1n) is 9.33. The van der Waals surface area contributed by atoms with E-state index in [1.165, 1.54) is 0 Å². The van der Waals surface area contributed by atoms with E-state index >= 15 is 0 Å². The molecule has 142 valence electrons. The predicted octanol–water partition coefficient (Wildman–Crippen LogP) is 3.20. The second-order valence-corrected chi connectivity index (χ2v) is 7.76. The molecule has 1 aliphatic heterocycles. The molecule has 0 atom stereocenters. The van der Waals surface area contributed by atoms with Gasteiger partial charge in [0.2, 0.25) is 5.76 Å². The van der Waals surface area contributed by atoms with Gasteiger partial charge in [0.1, 0.15) is 12.1 Å². The van der Waals surface area contributed by atoms with Gasteiger partial charge in [-0.3, -0.25) is 4.79 Å². The molecule has 4 rings (SSSR count). The van der Waals surface area contributed by atoms with E-state index in [0.29, 0.717) is 36.2 Å². The first kappa shape index (κ1) is 17.9. The maximum Gasteiger partial charge on any atom is 0.289 e. The number of hydrogen-bond acceptors (Lipinski definition) is 7. The van der Waals surface area contributed by atoms with Crippen LogP contribution in [-0.4, -0.2) is 40.5 Å². The van der Waals surface area contributed by atoms with Crippen molar-refractivity contribution in [3.8, 4) is 0 Å². The lowest BCUT2D eigenvalue weighted by atomic mass is 9.96. The summed E-state index contributed by atoms with van der Waals surface area (Å²) in [5.74, 6) is 2.26. The Morgan fingerprint density at radius 1 is 1.37 bits per heavy atom. The Balaban J connectivity index is 1.32. The first-order chi connectivity index (χ1) is 13.2. The van der Waals surface area contributed by atoms with Crippen molar-refractivity contribution >= 4 is 33.3 Å². The lowest BCUT2D eigenvalue weighted by Crippen LogP contribution is -2.39. The minimum Gasteiger partial charge on any atom is -0.435 e. The fraction of sp³-hybridized carbons (Fsp3) is 0.474. The third-order valence-electron chi connectivity index (χ3n) is 5.04. The van der Waals surface area contributed by atoms with Gasteiger partial charge in [0, 0.05) is 26.1 Å². The summed E-state index contributed by atoms with van der Waals surface area (Å²) in [6, 6.07) is 2.03. The molecule has 4 heterocycles. The Bertz CT molecular complexity index is 943. The minimum absolute atomic E-state index is 0.168. The van der Waals surface area contributed by atoms with Crippen LogP contribution in [0.3, 0.4) is 0 Å². The molecule has 0 spiro atoms. The Labute approximate surface area is 161 Å². The smallest absolute Gasteiger partial charge is 0.289 e. The van der Waals surface area contributed by atoms with Crippen LogP contribution >= 0.6 is 11.3 Å². The fourth-order valence-corrected chi connectivity index (χ4v) is 4.34. The van der Waals surface area contributed by atoms with Gasteiger partial charge in [-0.1, -0.05) is 6.92 Å². The fourth-order valence-electron chi connectivity index (χ4n) is 3.48. The number of amides is 1. The van der Waals surface area contributed by atoms with Gasteiger partial charge < -0.3 is 14.6 Å². The normalized spacial score (nSPS) is 15.4. The first-order valence-corrected chi connectivity index (χ1v) is 10.2. The van der Waals surface area contributed by atoms with Crippen LogP contribution in [0.2, 0.25) is 0 Å². The van der Waals surface area contributed by atoms with E-state index < -0.39 is 0 Å². The van der Waals surface area contributed by atoms with Gasteiger partial charge in [0.25, 0.3) is 5.91 Å². The van der Waals surface area contributed by atoms with E-state index in [0.717, 1.165) is 42.0 Å². The van der Waals surface area contributed by atoms with Gasteiger partial charge in [-0.15, -0.1) is 11.3 Å². The van der Waals surface area contributed by atoms with Crippen LogP contribution in [0.5, 0.6) is 0 Å². The molecule has 8 heteroatoms. The number of anilines is 1. The Hall–Kier alpha value is -2.48. The lowest BCUT2D eigenvalue weighted by molar-refractivity contribution is 0.0914. The number of carbonyl (C=O) groups excluding carboxylic acids is 1. The molecule has 3 aromatic heterocycles. The maximum atomic E-state index is 12.4. The van der Waals surface area contributed by atoms with Crippen LogP contribution in [0.25, 0.3) is 10.2 Å². The summed E-state index contributed by atoms with van der Waals surface area (Å²) in [6.07, 6.45) is 4.37. The number of nitrogens with one attached hydrogen (secondary N) is 1. The molecule has 1 aliphatic rings. The van der Waals surface area contributed by atoms with Gasteiger partial charge in [-0.25, -0.2) is 15.0 Å². The van der Waals surface area contributed by atoms with Gasteiger partial charge >= 0.3 is 0 Å². The van der Waals surface area contributed by atoms with Crippen molar-refractivity contribution < 1.29 is 9.21 Å². The molecule has 0 radical (unpaired) electrons. The average Bonchev–Trinajstić information content (AvgIpc) is 3.32. The molecule has 27 heavy (non-hydrogen) atoms. The number of aryl methyl sites for hydroxylation is 2. The molecule has 1 N–H and O–H groups in total. The van der Waals surface area contributed by atoms with Crippen molar-refractivity contribution in [2.24, 2.45) is 5.92 Å². The van der Waals surface area contributed by atoms with Crippen molar-refractivity contribution in [1.82, 2.24) is 20.3 Å². The molecule has 0 aromatic carbocycles. The average molecular weight is 385 g/mol. The summed E-state index contributed by atoms with van der Waals surface area (Å²) in [6.45, 7) is 6.30. The number of carbonyl (C=O) groups is 1. The molecular formula is C19H23N5O2S. The molecule has 3 aromatic rings. The van der Waals surface area contributed by atoms with Crippen molar-refractivity contribution in [3.63, 3.8) is 0 Å². The minimum atomic E-state index is -0.168. The molecule has 1 amide bonds. The molecule has 0 bridgehead atoms. The van der Waals surface area contributed by atoms with Crippen molar-refractivity contribution in [3.05, 3.63) is 35.1 Å². The highest BCUT2D eigenvalue weighted by Gasteiger charge is 2.24. The summed E-state index contributed by atoms with van der Waals surface area (Å²) in [5, 5.41) is 5.07. The van der Waals surface area contributed by atoms with Crippen LogP contribution in [0, 0.1) is 12.8 Å². The zero-order chi connectivity index (χ0) is 18.8. The highest BCUT2D eigenvalue weighted by molar-refractivity contribution is 7.17. The predicted molar refractivity (Wildman–Crippen MR) is 105 cm³/mol. The van der Waals surface area contributed by atoms with Crippen molar-refractivity contribution in [2.75, 3.05) is 24.5 Å². The van der Waals surface area contributed by atoms with Crippen LogP contribution in [0.15, 0.2) is 22.2 Å². The van der Waals surface area contributed by atoms with Gasteiger partial charge in [0.05, 0.1) is 15.9 Å². The largest absolute Gasteiger partial charge is 0.435 e. The number of thiophene rings is 1. The topological polar surface area (TPSA) is 84.2 Å². The van der Waals surface area contributed by atoms with E-state index in [1.54, 1.807) is 17.7 Å². The second kappa shape index (κ2) is 7.64. The third kappa shape index (κ3) is 3.66. The van der Waals surface area contributed by atoms with Crippen LogP contribution in [0.4, 0.5) is 5.82 Å². The summed E-state index contributed by atoms with van der Waals surface area (Å²) in [7, 11) is 0. The monoisotopic (exact) mass is 385 g/mol. The zero-order valence-corrected chi connectivity index (χ0v) is 16.4. The Morgan fingerprint density at radius 3 is 2.93 bits per heavy atom. The number of aromatic nitrogens is 3. The highest BCUT2D eigenvalue weighted by Crippen LogP contribution is 2.30. The SMILES string of the molecule is CCc1nc(C)c(C(=O)NCC2CCN(c3ncnc4ccsc34)CC2)o1. The standard InChI is InChI=1S/C19H23N5O2S/c1-3-15-23-12(2)16(26-15)19(25)20-10-13-4-7-24(8-5-13)18-17-14(6-9-27-17)21-11-22-18/h6,9,11,13H,3-5,7-8,10H2,1-2H3,(H,20,25). The summed E-state index contributed by atoms with van der Waals surface area (Å²) < 4.78 is 6.68. The number of nitrogens with zero attached hydrogens (tertiary/aromatic N) is 4. The van der Waals surface area contributed by atoms with E-state index in [4.69, 9.17) is 4.42 Å². The molecule has 0 saturated carbocycles. The highest BCUT2D eigenvalue weighted by atomic mass is 32.1. The number of piperidine rings is 1. The number of fused-ring (bicyclic) bond motifs is 1. The lowest BCUT2D eigenvalue weighted by Gasteiger charge is -2.32. The van der Waals surface area contributed by atoms with E-state index in [-0.39, 0.29) is 5.91 Å². The maximum absolute atomic E-state index is 12.4. The van der Waals surface area contributed by atoms with E-state index in [2.05, 4.69) is 30.5 Å². The summed E-state index contributed by atoms with van der Waals surface area (Å²) >= 11 is 1.69. The third-order valence-corrected chi connectivity index (χ3v) is 5.94. The molecule has 1 fully saturated rings. The zero-order valence-electron chi connectivity index (χ0n) is 15.6. The number of hydrogen-bond donors (Lipinski definition) is 1. The van der Waals surface area contributed by atoms with E-state index in [9.17, 15) is 4.79 Å². The Kier molecular flexibility index (Phi) is 5.07. The van der Waals surface area contributed by atoms with Gasteiger partial charge in [-0.05, 0) is 37.1 Å². The van der Waals surface area contributed by atoms with Crippen molar-refractivity contribution in [2.45, 2.75) is 33.1 Å². The summed E-state index contributed by atoms with van der Waals surface area (Å²) in [5.41, 5.74) is 1.66. The van der Waals surface area contributed by atoms with Crippen molar-refractivity contribution in [1.29, 1.82) is 0 Å².